The van der Waals surface area contributed by atoms with E-state index in [0.717, 1.165) is 23.4 Å². The summed E-state index contributed by atoms with van der Waals surface area (Å²) in [5.41, 5.74) is 8.59. The summed E-state index contributed by atoms with van der Waals surface area (Å²) < 4.78 is 0. The van der Waals surface area contributed by atoms with Crippen molar-refractivity contribution in [2.24, 2.45) is 0 Å². The van der Waals surface area contributed by atoms with Gasteiger partial charge in [-0.05, 0) is 30.2 Å². The van der Waals surface area contributed by atoms with Crippen LogP contribution in [0.3, 0.4) is 0 Å². The summed E-state index contributed by atoms with van der Waals surface area (Å²) in [7, 11) is 0. The Morgan fingerprint density at radius 1 is 1.10 bits per heavy atom. The molecule has 2 rings (SSSR count). The number of para-hydroxylation sites is 1. The Morgan fingerprint density at radius 2 is 1.90 bits per heavy atom. The molecule has 0 aliphatic heterocycles. The second kappa shape index (κ2) is 7.28. The average Bonchev–Trinajstić information content (AvgIpc) is 2.47. The molecule has 2 aromatic rings. The fourth-order valence-electron chi connectivity index (χ4n) is 1.97. The molecule has 0 saturated carbocycles. The zero-order valence-electron chi connectivity index (χ0n) is 11.4. The van der Waals surface area contributed by atoms with E-state index in [1.54, 1.807) is 6.20 Å². The van der Waals surface area contributed by atoms with Crippen LogP contribution in [0.15, 0.2) is 48.7 Å². The lowest BCUT2D eigenvalue weighted by Gasteiger charge is -2.06. The highest BCUT2D eigenvalue weighted by molar-refractivity contribution is 5.76. The van der Waals surface area contributed by atoms with Crippen LogP contribution in [0.5, 0.6) is 0 Å². The number of carbonyl (C=O) groups excluding carboxylic acids is 1. The first-order valence-electron chi connectivity index (χ1n) is 6.75. The summed E-state index contributed by atoms with van der Waals surface area (Å²) in [6, 6.07) is 13.4. The van der Waals surface area contributed by atoms with Gasteiger partial charge >= 0.3 is 0 Å². The number of anilines is 1. The van der Waals surface area contributed by atoms with E-state index in [2.05, 4.69) is 10.3 Å². The molecule has 0 unspecified atom stereocenters. The molecule has 4 heteroatoms. The van der Waals surface area contributed by atoms with Gasteiger partial charge in [-0.2, -0.15) is 0 Å². The number of nitrogens with zero attached hydrogens (tertiary/aromatic N) is 1. The lowest BCUT2D eigenvalue weighted by Crippen LogP contribution is -2.26. The topological polar surface area (TPSA) is 68.0 Å². The highest BCUT2D eigenvalue weighted by Crippen LogP contribution is 2.12. The fourth-order valence-corrected chi connectivity index (χ4v) is 1.97. The molecule has 1 aromatic heterocycles. The van der Waals surface area contributed by atoms with E-state index in [1.807, 2.05) is 42.5 Å². The molecule has 0 bridgehead atoms. The second-order valence-corrected chi connectivity index (χ2v) is 4.62. The number of hydrogen-bond donors (Lipinski definition) is 2. The van der Waals surface area contributed by atoms with Gasteiger partial charge in [0.05, 0.1) is 0 Å². The molecule has 0 saturated heterocycles. The largest absolute Gasteiger partial charge is 0.399 e. The van der Waals surface area contributed by atoms with Gasteiger partial charge in [0.2, 0.25) is 5.91 Å². The van der Waals surface area contributed by atoms with Gasteiger partial charge in [0.25, 0.3) is 0 Å². The Kier molecular flexibility index (Phi) is 5.12. The van der Waals surface area contributed by atoms with Crippen molar-refractivity contribution in [2.45, 2.75) is 19.3 Å². The third kappa shape index (κ3) is 4.39. The van der Waals surface area contributed by atoms with Gasteiger partial charge < -0.3 is 11.1 Å². The zero-order chi connectivity index (χ0) is 14.2. The SMILES string of the molecule is Nc1ccccc1CCC(=O)NCCc1ccccn1. The van der Waals surface area contributed by atoms with Gasteiger partial charge in [-0.1, -0.05) is 24.3 Å². The van der Waals surface area contributed by atoms with Crippen LogP contribution in [0, 0.1) is 0 Å². The van der Waals surface area contributed by atoms with E-state index >= 15 is 0 Å². The second-order valence-electron chi connectivity index (χ2n) is 4.62. The summed E-state index contributed by atoms with van der Waals surface area (Å²) in [5, 5.41) is 2.90. The number of aryl methyl sites for hydroxylation is 1. The van der Waals surface area contributed by atoms with Crippen molar-refractivity contribution in [3.63, 3.8) is 0 Å². The number of rotatable bonds is 6. The number of nitrogens with one attached hydrogen (secondary N) is 1. The number of benzene rings is 1. The number of hydrogen-bond acceptors (Lipinski definition) is 3. The molecule has 0 fully saturated rings. The first-order chi connectivity index (χ1) is 9.75. The molecule has 0 aliphatic rings. The number of carbonyl (C=O) groups is 1. The number of aromatic nitrogens is 1. The predicted molar refractivity (Wildman–Crippen MR) is 80.1 cm³/mol. The maximum atomic E-state index is 11.7. The van der Waals surface area contributed by atoms with Crippen molar-refractivity contribution in [1.82, 2.24) is 10.3 Å². The molecule has 20 heavy (non-hydrogen) atoms. The van der Waals surface area contributed by atoms with Crippen LogP contribution in [0.25, 0.3) is 0 Å². The van der Waals surface area contributed by atoms with Crippen LogP contribution in [0.1, 0.15) is 17.7 Å². The molecule has 1 aromatic carbocycles. The van der Waals surface area contributed by atoms with Crippen molar-refractivity contribution >= 4 is 11.6 Å². The Balaban J connectivity index is 1.70. The molecule has 1 heterocycles. The lowest BCUT2D eigenvalue weighted by atomic mass is 10.1. The van der Waals surface area contributed by atoms with E-state index in [1.165, 1.54) is 0 Å². The molecule has 1 amide bonds. The summed E-state index contributed by atoms with van der Waals surface area (Å²) in [6.07, 6.45) is 3.63. The first kappa shape index (κ1) is 14.1. The molecule has 4 nitrogen and oxygen atoms in total. The minimum atomic E-state index is 0.0455. The Bertz CT molecular complexity index is 555. The van der Waals surface area contributed by atoms with Crippen LogP contribution in [-0.2, 0) is 17.6 Å². The van der Waals surface area contributed by atoms with Crippen molar-refractivity contribution in [3.05, 3.63) is 59.9 Å². The Hall–Kier alpha value is -2.36. The quantitative estimate of drug-likeness (QED) is 0.788. The summed E-state index contributed by atoms with van der Waals surface area (Å²) >= 11 is 0. The number of nitrogen functional groups attached to an aromatic ring is 1. The smallest absolute Gasteiger partial charge is 0.220 e. The van der Waals surface area contributed by atoms with E-state index in [0.29, 0.717) is 19.4 Å². The predicted octanol–water partition coefficient (Wildman–Crippen LogP) is 1.96. The van der Waals surface area contributed by atoms with E-state index in [-0.39, 0.29) is 5.91 Å². The minimum Gasteiger partial charge on any atom is -0.399 e. The maximum Gasteiger partial charge on any atom is 0.220 e. The standard InChI is InChI=1S/C16H19N3O/c17-15-7-2-1-5-13(15)8-9-16(20)19-12-10-14-6-3-4-11-18-14/h1-7,11H,8-10,12,17H2,(H,19,20). The van der Waals surface area contributed by atoms with Crippen molar-refractivity contribution in [3.8, 4) is 0 Å². The monoisotopic (exact) mass is 269 g/mol. The summed E-state index contributed by atoms with van der Waals surface area (Å²) in [4.78, 5) is 16.0. The zero-order valence-corrected chi connectivity index (χ0v) is 11.4. The molecule has 0 radical (unpaired) electrons. The molecular weight excluding hydrogens is 250 g/mol. The minimum absolute atomic E-state index is 0.0455. The molecular formula is C16H19N3O. The molecule has 3 N–H and O–H groups in total. The van der Waals surface area contributed by atoms with Gasteiger partial charge in [0, 0.05) is 37.0 Å². The maximum absolute atomic E-state index is 11.7. The van der Waals surface area contributed by atoms with Gasteiger partial charge in [-0.3, -0.25) is 9.78 Å². The summed E-state index contributed by atoms with van der Waals surface area (Å²) in [6.45, 7) is 0.611. The normalized spacial score (nSPS) is 10.2. The fraction of sp³-hybridized carbons (Fsp3) is 0.250. The van der Waals surface area contributed by atoms with E-state index in [4.69, 9.17) is 5.73 Å². The van der Waals surface area contributed by atoms with Crippen LogP contribution in [-0.4, -0.2) is 17.4 Å². The van der Waals surface area contributed by atoms with Crippen molar-refractivity contribution < 1.29 is 4.79 Å². The third-order valence-corrected chi connectivity index (χ3v) is 3.11. The molecule has 0 atom stereocenters. The molecule has 0 spiro atoms. The number of amides is 1. The number of nitrogens with two attached hydrogens (primary N) is 1. The van der Waals surface area contributed by atoms with Gasteiger partial charge in [0.1, 0.15) is 0 Å². The van der Waals surface area contributed by atoms with Crippen LogP contribution < -0.4 is 11.1 Å². The first-order valence-corrected chi connectivity index (χ1v) is 6.75. The lowest BCUT2D eigenvalue weighted by molar-refractivity contribution is -0.121. The van der Waals surface area contributed by atoms with Crippen molar-refractivity contribution in [2.75, 3.05) is 12.3 Å². The van der Waals surface area contributed by atoms with Crippen molar-refractivity contribution in [1.29, 1.82) is 0 Å². The molecule has 104 valence electrons. The summed E-state index contributed by atoms with van der Waals surface area (Å²) in [5.74, 6) is 0.0455. The third-order valence-electron chi connectivity index (χ3n) is 3.11. The average molecular weight is 269 g/mol. The highest BCUT2D eigenvalue weighted by atomic mass is 16.1. The van der Waals surface area contributed by atoms with Crippen LogP contribution in [0.2, 0.25) is 0 Å². The Morgan fingerprint density at radius 3 is 2.65 bits per heavy atom. The van der Waals surface area contributed by atoms with E-state index < -0.39 is 0 Å². The van der Waals surface area contributed by atoms with Gasteiger partial charge in [0.15, 0.2) is 0 Å². The van der Waals surface area contributed by atoms with Gasteiger partial charge in [-0.25, -0.2) is 0 Å². The molecule has 0 aliphatic carbocycles. The van der Waals surface area contributed by atoms with Crippen LogP contribution >= 0.6 is 0 Å². The highest BCUT2D eigenvalue weighted by Gasteiger charge is 2.04. The number of pyridine rings is 1. The van der Waals surface area contributed by atoms with Gasteiger partial charge in [-0.15, -0.1) is 0 Å². The van der Waals surface area contributed by atoms with E-state index in [9.17, 15) is 4.79 Å². The Labute approximate surface area is 119 Å². The van der Waals surface area contributed by atoms with Crippen LogP contribution in [0.4, 0.5) is 5.69 Å².